The summed E-state index contributed by atoms with van der Waals surface area (Å²) in [4.78, 5) is 0. The zero-order valence-electron chi connectivity index (χ0n) is 8.85. The fraction of sp³-hybridized carbons (Fsp3) is 0.167. The molecule has 3 nitrogen and oxygen atoms in total. The van der Waals surface area contributed by atoms with Crippen LogP contribution in [0.15, 0.2) is 41.1 Å². The van der Waals surface area contributed by atoms with E-state index in [9.17, 15) is 9.50 Å². The Bertz CT molecular complexity index is 487. The number of halogens is 2. The lowest BCUT2D eigenvalue weighted by atomic mass is 10.0. The van der Waals surface area contributed by atoms with Crippen molar-refractivity contribution in [3.8, 4) is 0 Å². The molecule has 0 saturated carbocycles. The summed E-state index contributed by atoms with van der Waals surface area (Å²) in [5.74, 6) is -0.325. The molecule has 0 amide bonds. The van der Waals surface area contributed by atoms with Gasteiger partial charge in [-0.2, -0.15) is 10.2 Å². The normalized spacial score (nSPS) is 12.4. The van der Waals surface area contributed by atoms with Gasteiger partial charge in [-0.15, -0.1) is 0 Å². The predicted molar refractivity (Wildman–Crippen MR) is 64.8 cm³/mol. The average molecular weight is 297 g/mol. The Morgan fingerprint density at radius 1 is 1.29 bits per heavy atom. The quantitative estimate of drug-likeness (QED) is 0.947. The Morgan fingerprint density at radius 2 is 2.12 bits per heavy atom. The van der Waals surface area contributed by atoms with Gasteiger partial charge in [0, 0.05) is 22.7 Å². The van der Waals surface area contributed by atoms with E-state index in [4.69, 9.17) is 0 Å². The van der Waals surface area contributed by atoms with E-state index < -0.39 is 6.10 Å². The van der Waals surface area contributed by atoms with E-state index in [2.05, 4.69) is 26.1 Å². The van der Waals surface area contributed by atoms with Crippen LogP contribution in [0.1, 0.15) is 17.2 Å². The molecule has 1 aromatic heterocycles. The molecule has 1 N–H and O–H groups in total. The number of aliphatic hydroxyl groups excluding tert-OH is 1. The number of benzene rings is 1. The lowest BCUT2D eigenvalue weighted by Gasteiger charge is -2.10. The van der Waals surface area contributed by atoms with E-state index in [0.717, 1.165) is 5.56 Å². The monoisotopic (exact) mass is 296 g/mol. The van der Waals surface area contributed by atoms with Gasteiger partial charge in [0.25, 0.3) is 0 Å². The maximum absolute atomic E-state index is 13.1. The van der Waals surface area contributed by atoms with Crippen LogP contribution in [0.3, 0.4) is 0 Å². The SMILES string of the molecule is OC(Cc1cc(F)cc(Br)c1)c1ccnnc1. The van der Waals surface area contributed by atoms with Gasteiger partial charge >= 0.3 is 0 Å². The molecule has 88 valence electrons. The van der Waals surface area contributed by atoms with E-state index in [1.807, 2.05) is 0 Å². The van der Waals surface area contributed by atoms with Gasteiger partial charge in [0.15, 0.2) is 0 Å². The van der Waals surface area contributed by atoms with Crippen LogP contribution in [0.2, 0.25) is 0 Å². The second kappa shape index (κ2) is 5.33. The summed E-state index contributed by atoms with van der Waals surface area (Å²) in [6.07, 6.45) is 2.64. The summed E-state index contributed by atoms with van der Waals surface area (Å²) < 4.78 is 13.8. The largest absolute Gasteiger partial charge is 0.388 e. The number of nitrogens with zero attached hydrogens (tertiary/aromatic N) is 2. The van der Waals surface area contributed by atoms with E-state index >= 15 is 0 Å². The molecular weight excluding hydrogens is 287 g/mol. The van der Waals surface area contributed by atoms with Gasteiger partial charge in [0.2, 0.25) is 0 Å². The van der Waals surface area contributed by atoms with Crippen LogP contribution < -0.4 is 0 Å². The first kappa shape index (κ1) is 12.1. The molecule has 0 bridgehead atoms. The number of aromatic nitrogens is 2. The smallest absolute Gasteiger partial charge is 0.124 e. The molecule has 0 fully saturated rings. The molecule has 1 atom stereocenters. The molecule has 5 heteroatoms. The third-order valence-corrected chi connectivity index (χ3v) is 2.80. The van der Waals surface area contributed by atoms with Crippen LogP contribution >= 0.6 is 15.9 Å². The Labute approximate surface area is 106 Å². The van der Waals surface area contributed by atoms with Crippen LogP contribution in [-0.4, -0.2) is 15.3 Å². The summed E-state index contributed by atoms with van der Waals surface area (Å²) in [6, 6.07) is 6.25. The van der Waals surface area contributed by atoms with E-state index in [1.54, 1.807) is 12.1 Å². The third kappa shape index (κ3) is 3.31. The zero-order valence-corrected chi connectivity index (χ0v) is 10.4. The van der Waals surface area contributed by atoms with Gasteiger partial charge in [-0.1, -0.05) is 15.9 Å². The third-order valence-electron chi connectivity index (χ3n) is 2.34. The van der Waals surface area contributed by atoms with Crippen LogP contribution in [0.25, 0.3) is 0 Å². The molecule has 0 aliphatic carbocycles. The molecule has 0 aliphatic heterocycles. The van der Waals surface area contributed by atoms with Crippen molar-refractivity contribution >= 4 is 15.9 Å². The summed E-state index contributed by atoms with van der Waals surface area (Å²) in [5, 5.41) is 17.3. The zero-order chi connectivity index (χ0) is 12.3. The highest BCUT2D eigenvalue weighted by Crippen LogP contribution is 2.21. The highest BCUT2D eigenvalue weighted by molar-refractivity contribution is 9.10. The predicted octanol–water partition coefficient (Wildman–Crippen LogP) is 2.65. The van der Waals surface area contributed by atoms with E-state index in [0.29, 0.717) is 16.5 Å². The minimum absolute atomic E-state index is 0.325. The first-order valence-corrected chi connectivity index (χ1v) is 5.84. The van der Waals surface area contributed by atoms with Crippen LogP contribution in [0, 0.1) is 5.82 Å². The summed E-state index contributed by atoms with van der Waals surface area (Å²) >= 11 is 3.22. The van der Waals surface area contributed by atoms with Crippen molar-refractivity contribution in [1.82, 2.24) is 10.2 Å². The number of hydrogen-bond donors (Lipinski definition) is 1. The second-order valence-corrected chi connectivity index (χ2v) is 4.59. The molecule has 17 heavy (non-hydrogen) atoms. The first-order chi connectivity index (χ1) is 8.15. The number of hydrogen-bond acceptors (Lipinski definition) is 3. The van der Waals surface area contributed by atoms with Crippen molar-refractivity contribution in [2.24, 2.45) is 0 Å². The Kier molecular flexibility index (Phi) is 3.81. The maximum Gasteiger partial charge on any atom is 0.124 e. The molecule has 0 saturated heterocycles. The van der Waals surface area contributed by atoms with Gasteiger partial charge in [-0.3, -0.25) is 0 Å². The Balaban J connectivity index is 2.16. The van der Waals surface area contributed by atoms with Gasteiger partial charge < -0.3 is 5.11 Å². The topological polar surface area (TPSA) is 46.0 Å². The van der Waals surface area contributed by atoms with Crippen molar-refractivity contribution < 1.29 is 9.50 Å². The maximum atomic E-state index is 13.1. The van der Waals surface area contributed by atoms with Crippen molar-refractivity contribution in [3.63, 3.8) is 0 Å². The number of aliphatic hydroxyl groups is 1. The average Bonchev–Trinajstić information content (AvgIpc) is 2.28. The van der Waals surface area contributed by atoms with E-state index in [1.165, 1.54) is 24.5 Å². The van der Waals surface area contributed by atoms with Crippen LogP contribution in [0.4, 0.5) is 4.39 Å². The standard InChI is InChI=1S/C12H10BrFN2O/c13-10-3-8(4-11(14)6-10)5-12(17)9-1-2-15-16-7-9/h1-4,6-7,12,17H,5H2. The molecule has 0 aliphatic rings. The highest BCUT2D eigenvalue weighted by Gasteiger charge is 2.10. The highest BCUT2D eigenvalue weighted by atomic mass is 79.9. The number of rotatable bonds is 3. The molecule has 0 spiro atoms. The summed E-state index contributed by atoms with van der Waals surface area (Å²) in [5.41, 5.74) is 1.39. The van der Waals surface area contributed by atoms with Crippen LogP contribution in [-0.2, 0) is 6.42 Å². The minimum atomic E-state index is -0.709. The van der Waals surface area contributed by atoms with Gasteiger partial charge in [-0.25, -0.2) is 4.39 Å². The molecular formula is C12H10BrFN2O. The molecule has 2 rings (SSSR count). The molecule has 1 heterocycles. The van der Waals surface area contributed by atoms with Gasteiger partial charge in [0.05, 0.1) is 12.3 Å². The molecule has 1 aromatic carbocycles. The molecule has 1 unspecified atom stereocenters. The van der Waals surface area contributed by atoms with Crippen molar-refractivity contribution in [1.29, 1.82) is 0 Å². The van der Waals surface area contributed by atoms with Crippen molar-refractivity contribution in [3.05, 3.63) is 58.1 Å². The Morgan fingerprint density at radius 3 is 2.76 bits per heavy atom. The van der Waals surface area contributed by atoms with Gasteiger partial charge in [-0.05, 0) is 29.8 Å². The first-order valence-electron chi connectivity index (χ1n) is 5.05. The fourth-order valence-electron chi connectivity index (χ4n) is 1.57. The van der Waals surface area contributed by atoms with Crippen molar-refractivity contribution in [2.45, 2.75) is 12.5 Å². The van der Waals surface area contributed by atoms with Crippen LogP contribution in [0.5, 0.6) is 0 Å². The fourth-order valence-corrected chi connectivity index (χ4v) is 2.08. The molecule has 2 aromatic rings. The lowest BCUT2D eigenvalue weighted by molar-refractivity contribution is 0.177. The van der Waals surface area contributed by atoms with Crippen molar-refractivity contribution in [2.75, 3.05) is 0 Å². The van der Waals surface area contributed by atoms with Gasteiger partial charge in [0.1, 0.15) is 5.82 Å². The molecule has 0 radical (unpaired) electrons. The minimum Gasteiger partial charge on any atom is -0.388 e. The lowest BCUT2D eigenvalue weighted by Crippen LogP contribution is -2.03. The van der Waals surface area contributed by atoms with E-state index in [-0.39, 0.29) is 5.82 Å². The second-order valence-electron chi connectivity index (χ2n) is 3.67. The Hall–Kier alpha value is -1.33. The summed E-state index contributed by atoms with van der Waals surface area (Å²) in [7, 11) is 0. The summed E-state index contributed by atoms with van der Waals surface area (Å²) in [6.45, 7) is 0.